The number of nitrogens with one attached hydrogen (secondary N) is 1. The van der Waals surface area contributed by atoms with Crippen molar-refractivity contribution >= 4 is 34.7 Å². The van der Waals surface area contributed by atoms with Crippen LogP contribution in [0.5, 0.6) is 0 Å². The van der Waals surface area contributed by atoms with Crippen molar-refractivity contribution in [1.29, 1.82) is 0 Å². The standard InChI is InChI=1S/C12H12N2OS2/c15-11(3-4-12-14-7-9-17-12)13-6-5-10-2-1-8-16-10/h1-4,7-9H,5-6H2,(H,13,15). The summed E-state index contributed by atoms with van der Waals surface area (Å²) >= 11 is 3.22. The molecule has 0 aliphatic carbocycles. The number of nitrogens with zero attached hydrogens (tertiary/aromatic N) is 1. The predicted octanol–water partition coefficient (Wildman–Crippen LogP) is 2.58. The Hall–Kier alpha value is -1.46. The van der Waals surface area contributed by atoms with Crippen molar-refractivity contribution in [2.24, 2.45) is 0 Å². The number of rotatable bonds is 5. The van der Waals surface area contributed by atoms with Crippen LogP contribution in [0.15, 0.2) is 35.2 Å². The topological polar surface area (TPSA) is 42.0 Å². The Morgan fingerprint density at radius 3 is 3.06 bits per heavy atom. The maximum Gasteiger partial charge on any atom is 0.244 e. The molecule has 0 atom stereocenters. The van der Waals surface area contributed by atoms with Crippen LogP contribution in [0.2, 0.25) is 0 Å². The summed E-state index contributed by atoms with van der Waals surface area (Å²) < 4.78 is 0. The molecule has 0 spiro atoms. The summed E-state index contributed by atoms with van der Waals surface area (Å²) in [5.41, 5.74) is 0. The van der Waals surface area contributed by atoms with Gasteiger partial charge in [0.15, 0.2) is 0 Å². The maximum absolute atomic E-state index is 11.4. The molecule has 0 radical (unpaired) electrons. The van der Waals surface area contributed by atoms with Gasteiger partial charge in [-0.05, 0) is 23.9 Å². The van der Waals surface area contributed by atoms with Gasteiger partial charge in [-0.2, -0.15) is 0 Å². The zero-order chi connectivity index (χ0) is 11.9. The van der Waals surface area contributed by atoms with E-state index in [0.29, 0.717) is 6.54 Å². The van der Waals surface area contributed by atoms with E-state index in [1.807, 2.05) is 16.8 Å². The quantitative estimate of drug-likeness (QED) is 0.843. The van der Waals surface area contributed by atoms with Crippen LogP contribution < -0.4 is 5.32 Å². The maximum atomic E-state index is 11.4. The first-order chi connectivity index (χ1) is 8.34. The summed E-state index contributed by atoms with van der Waals surface area (Å²) in [6.07, 6.45) is 5.85. The van der Waals surface area contributed by atoms with Crippen LogP contribution in [0.4, 0.5) is 0 Å². The van der Waals surface area contributed by atoms with Crippen LogP contribution >= 0.6 is 22.7 Å². The van der Waals surface area contributed by atoms with Gasteiger partial charge >= 0.3 is 0 Å². The van der Waals surface area contributed by atoms with Gasteiger partial charge in [0.1, 0.15) is 5.01 Å². The third-order valence-electron chi connectivity index (χ3n) is 2.08. The average molecular weight is 264 g/mol. The molecule has 2 aromatic heterocycles. The van der Waals surface area contributed by atoms with Crippen molar-refractivity contribution in [3.05, 3.63) is 45.1 Å². The van der Waals surface area contributed by atoms with E-state index in [2.05, 4.69) is 16.4 Å². The molecule has 0 saturated heterocycles. The van der Waals surface area contributed by atoms with Crippen molar-refractivity contribution in [2.45, 2.75) is 6.42 Å². The Morgan fingerprint density at radius 1 is 1.41 bits per heavy atom. The van der Waals surface area contributed by atoms with Crippen LogP contribution in [0.3, 0.4) is 0 Å². The third kappa shape index (κ3) is 4.13. The number of aromatic nitrogens is 1. The number of amides is 1. The monoisotopic (exact) mass is 264 g/mol. The molecule has 0 unspecified atom stereocenters. The fraction of sp³-hybridized carbons (Fsp3) is 0.167. The molecule has 0 aromatic carbocycles. The first kappa shape index (κ1) is 12.0. The highest BCUT2D eigenvalue weighted by Gasteiger charge is 1.97. The lowest BCUT2D eigenvalue weighted by atomic mass is 10.3. The SMILES string of the molecule is O=C(C=Cc1nccs1)NCCc1cccs1. The second-order valence-corrected chi connectivity index (χ2v) is 5.28. The number of carbonyl (C=O) groups excluding carboxylic acids is 1. The van der Waals surface area contributed by atoms with Gasteiger partial charge < -0.3 is 5.32 Å². The largest absolute Gasteiger partial charge is 0.352 e. The van der Waals surface area contributed by atoms with E-state index in [0.717, 1.165) is 11.4 Å². The lowest BCUT2D eigenvalue weighted by Gasteiger charge is -1.99. The van der Waals surface area contributed by atoms with Crippen LogP contribution in [-0.4, -0.2) is 17.4 Å². The fourth-order valence-electron chi connectivity index (χ4n) is 1.29. The lowest BCUT2D eigenvalue weighted by molar-refractivity contribution is -0.116. The van der Waals surface area contributed by atoms with Crippen LogP contribution in [0.25, 0.3) is 6.08 Å². The van der Waals surface area contributed by atoms with Gasteiger partial charge in [0.2, 0.25) is 5.91 Å². The van der Waals surface area contributed by atoms with Gasteiger partial charge in [-0.15, -0.1) is 22.7 Å². The Bertz CT molecular complexity index is 475. The number of hydrogen-bond acceptors (Lipinski definition) is 4. The number of thiazole rings is 1. The number of carbonyl (C=O) groups is 1. The first-order valence-corrected chi connectivity index (χ1v) is 6.98. The highest BCUT2D eigenvalue weighted by Crippen LogP contribution is 2.08. The van der Waals surface area contributed by atoms with Gasteiger partial charge in [0, 0.05) is 29.1 Å². The molecular formula is C12H12N2OS2. The highest BCUT2D eigenvalue weighted by molar-refractivity contribution is 7.10. The highest BCUT2D eigenvalue weighted by atomic mass is 32.1. The van der Waals surface area contributed by atoms with E-state index in [9.17, 15) is 4.79 Å². The first-order valence-electron chi connectivity index (χ1n) is 5.22. The Morgan fingerprint density at radius 2 is 2.35 bits per heavy atom. The minimum absolute atomic E-state index is 0.0724. The molecule has 88 valence electrons. The van der Waals surface area contributed by atoms with E-state index in [-0.39, 0.29) is 5.91 Å². The molecule has 2 aromatic rings. The van der Waals surface area contributed by atoms with E-state index >= 15 is 0 Å². The third-order valence-corrected chi connectivity index (χ3v) is 3.76. The zero-order valence-corrected chi connectivity index (χ0v) is 10.8. The molecule has 0 bridgehead atoms. The van der Waals surface area contributed by atoms with Crippen LogP contribution in [-0.2, 0) is 11.2 Å². The molecule has 0 saturated carbocycles. The van der Waals surface area contributed by atoms with Gasteiger partial charge in [-0.3, -0.25) is 4.79 Å². The summed E-state index contributed by atoms with van der Waals surface area (Å²) in [5, 5.41) is 7.61. The molecular weight excluding hydrogens is 252 g/mol. The van der Waals surface area contributed by atoms with E-state index in [1.165, 1.54) is 22.3 Å². The zero-order valence-electron chi connectivity index (χ0n) is 9.13. The van der Waals surface area contributed by atoms with Gasteiger partial charge in [0.25, 0.3) is 0 Å². The van der Waals surface area contributed by atoms with Gasteiger partial charge in [-0.1, -0.05) is 6.07 Å². The van der Waals surface area contributed by atoms with Crippen molar-refractivity contribution in [2.75, 3.05) is 6.54 Å². The Labute approximate surface area is 108 Å². The molecule has 2 rings (SSSR count). The van der Waals surface area contributed by atoms with Gasteiger partial charge in [0.05, 0.1) is 0 Å². The molecule has 0 aliphatic rings. The fourth-order valence-corrected chi connectivity index (χ4v) is 2.52. The second kappa shape index (κ2) is 6.32. The molecule has 0 aliphatic heterocycles. The van der Waals surface area contributed by atoms with Crippen LogP contribution in [0.1, 0.15) is 9.88 Å². The summed E-state index contributed by atoms with van der Waals surface area (Å²) in [4.78, 5) is 16.8. The van der Waals surface area contributed by atoms with Crippen molar-refractivity contribution in [3.8, 4) is 0 Å². The molecule has 0 fully saturated rings. The van der Waals surface area contributed by atoms with Gasteiger partial charge in [-0.25, -0.2) is 4.98 Å². The van der Waals surface area contributed by atoms with E-state index in [4.69, 9.17) is 0 Å². The Balaban J connectivity index is 1.71. The molecule has 5 heteroatoms. The second-order valence-electron chi connectivity index (χ2n) is 3.32. The van der Waals surface area contributed by atoms with Crippen molar-refractivity contribution in [3.63, 3.8) is 0 Å². The summed E-state index contributed by atoms with van der Waals surface area (Å²) in [7, 11) is 0. The number of thiophene rings is 1. The van der Waals surface area contributed by atoms with E-state index in [1.54, 1.807) is 23.6 Å². The minimum atomic E-state index is -0.0724. The predicted molar refractivity (Wildman–Crippen MR) is 72.2 cm³/mol. The summed E-state index contributed by atoms with van der Waals surface area (Å²) in [6, 6.07) is 4.09. The Kier molecular flexibility index (Phi) is 4.46. The smallest absolute Gasteiger partial charge is 0.244 e. The normalized spacial score (nSPS) is 10.8. The van der Waals surface area contributed by atoms with E-state index < -0.39 is 0 Å². The molecule has 2 heterocycles. The van der Waals surface area contributed by atoms with Crippen molar-refractivity contribution < 1.29 is 4.79 Å². The molecule has 3 nitrogen and oxygen atoms in total. The average Bonchev–Trinajstić information content (AvgIpc) is 2.99. The van der Waals surface area contributed by atoms with Crippen molar-refractivity contribution in [1.82, 2.24) is 10.3 Å². The minimum Gasteiger partial charge on any atom is -0.352 e. The van der Waals surface area contributed by atoms with Crippen LogP contribution in [0, 0.1) is 0 Å². The molecule has 17 heavy (non-hydrogen) atoms. The summed E-state index contributed by atoms with van der Waals surface area (Å²) in [5.74, 6) is -0.0724. The number of hydrogen-bond donors (Lipinski definition) is 1. The molecule has 1 amide bonds. The lowest BCUT2D eigenvalue weighted by Crippen LogP contribution is -2.23. The molecule has 1 N–H and O–H groups in total. The summed E-state index contributed by atoms with van der Waals surface area (Å²) in [6.45, 7) is 0.668.